The number of nitriles is 1. The zero-order valence-corrected chi connectivity index (χ0v) is 14.4. The second-order valence-corrected chi connectivity index (χ2v) is 5.78. The summed E-state index contributed by atoms with van der Waals surface area (Å²) in [5.74, 6) is 0.0404. The normalized spacial score (nSPS) is 10.0. The van der Waals surface area contributed by atoms with Gasteiger partial charge in [0, 0.05) is 18.1 Å². The molecule has 0 radical (unpaired) electrons. The van der Waals surface area contributed by atoms with Crippen LogP contribution in [0.2, 0.25) is 0 Å². The molecule has 0 atom stereocenters. The average molecular weight is 343 g/mol. The smallest absolute Gasteiger partial charge is 0.258 e. The summed E-state index contributed by atoms with van der Waals surface area (Å²) in [7, 11) is 0. The number of benzene rings is 2. The summed E-state index contributed by atoms with van der Waals surface area (Å²) in [5.41, 5.74) is 4.35. The topological polar surface area (TPSA) is 90.7 Å². The Morgan fingerprint density at radius 1 is 1.00 bits per heavy atom. The number of carbonyl (C=O) groups excluding carboxylic acids is 1. The number of hydrogen-bond acceptors (Lipinski definition) is 5. The summed E-state index contributed by atoms with van der Waals surface area (Å²) in [5, 5.41) is 15.0. The van der Waals surface area contributed by atoms with E-state index in [1.807, 2.05) is 38.1 Å². The lowest BCUT2D eigenvalue weighted by Crippen LogP contribution is -2.14. The van der Waals surface area contributed by atoms with Crippen LogP contribution in [0.4, 0.5) is 17.3 Å². The van der Waals surface area contributed by atoms with Gasteiger partial charge >= 0.3 is 0 Å². The van der Waals surface area contributed by atoms with Crippen molar-refractivity contribution in [1.29, 1.82) is 5.26 Å². The predicted molar refractivity (Wildman–Crippen MR) is 100 cm³/mol. The molecule has 1 amide bonds. The highest BCUT2D eigenvalue weighted by atomic mass is 16.1. The maximum atomic E-state index is 12.4. The molecule has 0 saturated carbocycles. The molecule has 0 aliphatic carbocycles. The highest BCUT2D eigenvalue weighted by molar-refractivity contribution is 6.04. The number of hydrogen-bond donors (Lipinski definition) is 2. The van der Waals surface area contributed by atoms with Gasteiger partial charge in [-0.2, -0.15) is 5.26 Å². The SMILES string of the molecule is Cc1cccc(NC(=O)c2cnc(Nc3ccccc3C#N)nc2)c1C. The Bertz CT molecular complexity index is 990. The second kappa shape index (κ2) is 7.45. The Hall–Kier alpha value is -3.72. The van der Waals surface area contributed by atoms with Crippen LogP contribution in [0.5, 0.6) is 0 Å². The number of anilines is 3. The van der Waals surface area contributed by atoms with Gasteiger partial charge in [0.05, 0.1) is 16.8 Å². The number of aryl methyl sites for hydroxylation is 1. The van der Waals surface area contributed by atoms with E-state index in [-0.39, 0.29) is 5.91 Å². The van der Waals surface area contributed by atoms with E-state index in [1.165, 1.54) is 12.4 Å². The lowest BCUT2D eigenvalue weighted by atomic mass is 10.1. The Balaban J connectivity index is 1.74. The van der Waals surface area contributed by atoms with Gasteiger partial charge in [0.25, 0.3) is 5.91 Å². The minimum atomic E-state index is -0.275. The molecule has 0 saturated heterocycles. The van der Waals surface area contributed by atoms with E-state index in [4.69, 9.17) is 5.26 Å². The lowest BCUT2D eigenvalue weighted by molar-refractivity contribution is 0.102. The van der Waals surface area contributed by atoms with E-state index in [2.05, 4.69) is 26.7 Å². The van der Waals surface area contributed by atoms with Gasteiger partial charge in [0.1, 0.15) is 6.07 Å². The van der Waals surface area contributed by atoms with Gasteiger partial charge in [-0.05, 0) is 43.2 Å². The Morgan fingerprint density at radius 3 is 2.42 bits per heavy atom. The van der Waals surface area contributed by atoms with Crippen LogP contribution in [-0.2, 0) is 0 Å². The molecule has 0 unspecified atom stereocenters. The molecule has 2 N–H and O–H groups in total. The van der Waals surface area contributed by atoms with Crippen molar-refractivity contribution in [1.82, 2.24) is 9.97 Å². The first-order valence-corrected chi connectivity index (χ1v) is 8.04. The number of aromatic nitrogens is 2. The number of para-hydroxylation sites is 1. The predicted octanol–water partition coefficient (Wildman–Crippen LogP) is 3.96. The first-order chi connectivity index (χ1) is 12.6. The number of nitrogens with zero attached hydrogens (tertiary/aromatic N) is 3. The van der Waals surface area contributed by atoms with Crippen LogP contribution in [0, 0.1) is 25.2 Å². The van der Waals surface area contributed by atoms with Gasteiger partial charge in [-0.25, -0.2) is 9.97 Å². The molecule has 3 rings (SSSR count). The summed E-state index contributed by atoms with van der Waals surface area (Å²) >= 11 is 0. The standard InChI is InChI=1S/C20H17N5O/c1-13-6-5-9-17(14(13)2)24-19(26)16-11-22-20(23-12-16)25-18-8-4-3-7-15(18)10-21/h3-9,11-12H,1-2H3,(H,24,26)(H,22,23,25). The molecular formula is C20H17N5O. The van der Waals surface area contributed by atoms with E-state index < -0.39 is 0 Å². The molecule has 0 bridgehead atoms. The first kappa shape index (κ1) is 17.1. The van der Waals surface area contributed by atoms with Crippen LogP contribution >= 0.6 is 0 Å². The fraction of sp³-hybridized carbons (Fsp3) is 0.100. The van der Waals surface area contributed by atoms with E-state index in [9.17, 15) is 4.79 Å². The fourth-order valence-corrected chi connectivity index (χ4v) is 2.40. The molecule has 0 spiro atoms. The molecule has 2 aromatic carbocycles. The molecule has 6 nitrogen and oxygen atoms in total. The van der Waals surface area contributed by atoms with Crippen molar-refractivity contribution in [3.63, 3.8) is 0 Å². The van der Waals surface area contributed by atoms with Gasteiger partial charge < -0.3 is 10.6 Å². The average Bonchev–Trinajstić information content (AvgIpc) is 2.66. The van der Waals surface area contributed by atoms with Crippen molar-refractivity contribution in [2.24, 2.45) is 0 Å². The number of amides is 1. The third-order valence-electron chi connectivity index (χ3n) is 4.06. The molecule has 1 aromatic heterocycles. The third kappa shape index (κ3) is 3.68. The highest BCUT2D eigenvalue weighted by Gasteiger charge is 2.10. The molecule has 0 aliphatic heterocycles. The summed E-state index contributed by atoms with van der Waals surface area (Å²) in [6, 6.07) is 14.9. The molecule has 0 fully saturated rings. The van der Waals surface area contributed by atoms with Crippen LogP contribution in [-0.4, -0.2) is 15.9 Å². The Labute approximate surface area is 151 Å². The van der Waals surface area contributed by atoms with Crippen LogP contribution in [0.3, 0.4) is 0 Å². The minimum absolute atomic E-state index is 0.275. The van der Waals surface area contributed by atoms with Crippen molar-refractivity contribution in [2.75, 3.05) is 10.6 Å². The zero-order chi connectivity index (χ0) is 18.5. The maximum absolute atomic E-state index is 12.4. The quantitative estimate of drug-likeness (QED) is 0.748. The van der Waals surface area contributed by atoms with Crippen LogP contribution in [0.25, 0.3) is 0 Å². The fourth-order valence-electron chi connectivity index (χ4n) is 2.40. The summed E-state index contributed by atoms with van der Waals surface area (Å²) in [6.45, 7) is 3.95. The summed E-state index contributed by atoms with van der Waals surface area (Å²) in [6.07, 6.45) is 2.90. The van der Waals surface area contributed by atoms with Crippen molar-refractivity contribution in [3.05, 3.63) is 77.1 Å². The largest absolute Gasteiger partial charge is 0.323 e. The minimum Gasteiger partial charge on any atom is -0.323 e. The van der Waals surface area contributed by atoms with Crippen LogP contribution in [0.1, 0.15) is 27.0 Å². The number of carbonyl (C=O) groups is 1. The van der Waals surface area contributed by atoms with Crippen LogP contribution in [0.15, 0.2) is 54.9 Å². The van der Waals surface area contributed by atoms with E-state index in [1.54, 1.807) is 18.2 Å². The molecule has 3 aromatic rings. The molecule has 0 aliphatic rings. The van der Waals surface area contributed by atoms with E-state index in [0.717, 1.165) is 16.8 Å². The van der Waals surface area contributed by atoms with Crippen LogP contribution < -0.4 is 10.6 Å². The van der Waals surface area contributed by atoms with E-state index in [0.29, 0.717) is 22.8 Å². The second-order valence-electron chi connectivity index (χ2n) is 5.78. The van der Waals surface area contributed by atoms with Gasteiger partial charge in [-0.1, -0.05) is 24.3 Å². The molecule has 1 heterocycles. The van der Waals surface area contributed by atoms with Crippen molar-refractivity contribution in [3.8, 4) is 6.07 Å². The molecular weight excluding hydrogens is 326 g/mol. The van der Waals surface area contributed by atoms with Gasteiger partial charge in [0.15, 0.2) is 0 Å². The third-order valence-corrected chi connectivity index (χ3v) is 4.06. The van der Waals surface area contributed by atoms with Gasteiger partial charge in [-0.3, -0.25) is 4.79 Å². The number of nitrogens with one attached hydrogen (secondary N) is 2. The molecule has 6 heteroatoms. The monoisotopic (exact) mass is 343 g/mol. The van der Waals surface area contributed by atoms with Crippen molar-refractivity contribution < 1.29 is 4.79 Å². The van der Waals surface area contributed by atoms with E-state index >= 15 is 0 Å². The van der Waals surface area contributed by atoms with Crippen molar-refractivity contribution >= 4 is 23.2 Å². The maximum Gasteiger partial charge on any atom is 0.258 e. The molecule has 128 valence electrons. The zero-order valence-electron chi connectivity index (χ0n) is 14.4. The lowest BCUT2D eigenvalue weighted by Gasteiger charge is -2.10. The Morgan fingerprint density at radius 2 is 1.69 bits per heavy atom. The van der Waals surface area contributed by atoms with Gasteiger partial charge in [-0.15, -0.1) is 0 Å². The summed E-state index contributed by atoms with van der Waals surface area (Å²) in [4.78, 5) is 20.7. The van der Waals surface area contributed by atoms with Gasteiger partial charge in [0.2, 0.25) is 5.95 Å². The Kier molecular flexibility index (Phi) is 4.90. The first-order valence-electron chi connectivity index (χ1n) is 8.04. The summed E-state index contributed by atoms with van der Waals surface area (Å²) < 4.78 is 0. The highest BCUT2D eigenvalue weighted by Crippen LogP contribution is 2.20. The molecule has 26 heavy (non-hydrogen) atoms. The van der Waals surface area contributed by atoms with Crippen molar-refractivity contribution in [2.45, 2.75) is 13.8 Å². The number of rotatable bonds is 4.